The largest absolute Gasteiger partial charge is 0.490 e. The second-order valence-electron chi connectivity index (χ2n) is 8.02. The van der Waals surface area contributed by atoms with Gasteiger partial charge in [0.25, 0.3) is 11.4 Å². The molecule has 1 aliphatic rings. The summed E-state index contributed by atoms with van der Waals surface area (Å²) in [6.45, 7) is 3.81. The van der Waals surface area contributed by atoms with E-state index >= 15 is 0 Å². The Balaban J connectivity index is 1.63. The van der Waals surface area contributed by atoms with Crippen LogP contribution in [0.5, 0.6) is 11.5 Å². The van der Waals surface area contributed by atoms with E-state index in [1.165, 1.54) is 30.3 Å². The highest BCUT2D eigenvalue weighted by Gasteiger charge is 2.27. The van der Waals surface area contributed by atoms with Crippen molar-refractivity contribution in [2.24, 2.45) is 4.99 Å². The zero-order chi connectivity index (χ0) is 27.4. The SMILES string of the molecule is CCOc1cc(/C=C2\N=C(c3cccc([N+](=O)[O-])c3C)OC2=O)cc(I)c1OCc1cccc([N+](=O)[O-])c1. The van der Waals surface area contributed by atoms with Gasteiger partial charge in [0.1, 0.15) is 6.61 Å². The number of cyclic esters (lactones) is 1. The summed E-state index contributed by atoms with van der Waals surface area (Å²) >= 11 is 2.07. The van der Waals surface area contributed by atoms with E-state index < -0.39 is 15.8 Å². The van der Waals surface area contributed by atoms with Crippen LogP contribution in [0.15, 0.2) is 65.3 Å². The minimum atomic E-state index is -0.690. The lowest BCUT2D eigenvalue weighted by Crippen LogP contribution is -2.08. The van der Waals surface area contributed by atoms with E-state index in [2.05, 4.69) is 27.6 Å². The molecule has 0 aliphatic carbocycles. The minimum Gasteiger partial charge on any atom is -0.490 e. The van der Waals surface area contributed by atoms with E-state index in [-0.39, 0.29) is 29.6 Å². The summed E-state index contributed by atoms with van der Waals surface area (Å²) in [6, 6.07) is 14.1. The van der Waals surface area contributed by atoms with Crippen LogP contribution in [0, 0.1) is 30.7 Å². The molecule has 0 radical (unpaired) electrons. The van der Waals surface area contributed by atoms with Gasteiger partial charge in [-0.1, -0.05) is 18.2 Å². The summed E-state index contributed by atoms with van der Waals surface area (Å²) in [4.78, 5) is 38.2. The van der Waals surface area contributed by atoms with Gasteiger partial charge in [0, 0.05) is 29.3 Å². The fraction of sp³-hybridized carbons (Fsp3) is 0.154. The third-order valence-corrected chi connectivity index (χ3v) is 6.29. The van der Waals surface area contributed by atoms with Crippen LogP contribution in [0.2, 0.25) is 0 Å². The number of benzene rings is 3. The van der Waals surface area contributed by atoms with Crippen molar-refractivity contribution in [2.75, 3.05) is 6.61 Å². The van der Waals surface area contributed by atoms with E-state index in [1.54, 1.807) is 37.3 Å². The summed E-state index contributed by atoms with van der Waals surface area (Å²) in [5.41, 5.74) is 1.79. The first kappa shape index (κ1) is 26.7. The van der Waals surface area contributed by atoms with Gasteiger partial charge in [-0.15, -0.1) is 0 Å². The molecule has 0 atom stereocenters. The van der Waals surface area contributed by atoms with Crippen molar-refractivity contribution in [2.45, 2.75) is 20.5 Å². The molecule has 1 aliphatic heterocycles. The fourth-order valence-corrected chi connectivity index (χ4v) is 4.51. The number of carbonyl (C=O) groups excluding carboxylic acids is 1. The van der Waals surface area contributed by atoms with Gasteiger partial charge in [0.05, 0.1) is 20.0 Å². The molecule has 12 heteroatoms. The molecule has 0 bridgehead atoms. The molecule has 0 aromatic heterocycles. The Morgan fingerprint density at radius 3 is 2.53 bits per heavy atom. The molecular formula is C26H20IN3O8. The number of non-ortho nitro benzene ring substituents is 1. The molecule has 1 heterocycles. The number of nitro benzene ring substituents is 2. The Hall–Kier alpha value is -4.33. The van der Waals surface area contributed by atoms with Gasteiger partial charge in [-0.3, -0.25) is 20.2 Å². The van der Waals surface area contributed by atoms with Crippen molar-refractivity contribution in [3.63, 3.8) is 0 Å². The predicted octanol–water partition coefficient (Wildman–Crippen LogP) is 5.74. The van der Waals surface area contributed by atoms with E-state index in [0.717, 1.165) is 0 Å². The number of aliphatic imine (C=N–C) groups is 1. The standard InChI is InChI=1S/C26H20IN3O8/c1-3-36-23-13-17(11-20(27)24(23)37-14-16-6-4-7-18(10-16)29(32)33)12-21-26(31)38-25(28-21)19-8-5-9-22(15(19)2)30(34)35/h4-13H,3,14H2,1-2H3/b21-12-. The molecular weight excluding hydrogens is 609 g/mol. The number of hydrogen-bond acceptors (Lipinski definition) is 9. The van der Waals surface area contributed by atoms with E-state index in [1.807, 2.05) is 6.92 Å². The average molecular weight is 629 g/mol. The number of nitro groups is 2. The molecule has 0 saturated carbocycles. The summed E-state index contributed by atoms with van der Waals surface area (Å²) in [6.07, 6.45) is 1.52. The third-order valence-electron chi connectivity index (χ3n) is 5.49. The summed E-state index contributed by atoms with van der Waals surface area (Å²) in [7, 11) is 0. The van der Waals surface area contributed by atoms with Crippen LogP contribution < -0.4 is 9.47 Å². The zero-order valence-electron chi connectivity index (χ0n) is 20.2. The Bertz CT molecular complexity index is 1520. The van der Waals surface area contributed by atoms with E-state index in [4.69, 9.17) is 14.2 Å². The fourth-order valence-electron chi connectivity index (χ4n) is 3.72. The number of halogens is 1. The van der Waals surface area contributed by atoms with Gasteiger partial charge in [0.15, 0.2) is 17.2 Å². The number of ether oxygens (including phenoxy) is 3. The van der Waals surface area contributed by atoms with Crippen molar-refractivity contribution in [3.8, 4) is 11.5 Å². The van der Waals surface area contributed by atoms with Crippen LogP contribution in [0.1, 0.15) is 29.2 Å². The molecule has 4 rings (SSSR count). The van der Waals surface area contributed by atoms with Gasteiger partial charge in [0.2, 0.25) is 5.90 Å². The van der Waals surface area contributed by atoms with Crippen molar-refractivity contribution in [1.82, 2.24) is 0 Å². The third kappa shape index (κ3) is 5.80. The first-order chi connectivity index (χ1) is 18.2. The van der Waals surface area contributed by atoms with Crippen molar-refractivity contribution in [3.05, 3.63) is 106 Å². The van der Waals surface area contributed by atoms with Gasteiger partial charge in [-0.25, -0.2) is 9.79 Å². The average Bonchev–Trinajstić information content (AvgIpc) is 3.23. The lowest BCUT2D eigenvalue weighted by Gasteiger charge is -2.15. The molecule has 11 nitrogen and oxygen atoms in total. The van der Waals surface area contributed by atoms with Gasteiger partial charge < -0.3 is 14.2 Å². The predicted molar refractivity (Wildman–Crippen MR) is 146 cm³/mol. The molecule has 0 N–H and O–H groups in total. The molecule has 3 aromatic carbocycles. The van der Waals surface area contributed by atoms with E-state index in [9.17, 15) is 25.0 Å². The zero-order valence-corrected chi connectivity index (χ0v) is 22.3. The Labute approximate surface area is 230 Å². The maximum Gasteiger partial charge on any atom is 0.363 e. The first-order valence-electron chi connectivity index (χ1n) is 11.3. The summed E-state index contributed by atoms with van der Waals surface area (Å²) in [5, 5.41) is 22.3. The number of rotatable bonds is 9. The lowest BCUT2D eigenvalue weighted by atomic mass is 10.1. The van der Waals surface area contributed by atoms with Crippen LogP contribution in [-0.4, -0.2) is 28.3 Å². The topological polar surface area (TPSA) is 143 Å². The monoisotopic (exact) mass is 629 g/mol. The summed E-state index contributed by atoms with van der Waals surface area (Å²) in [5.74, 6) is 0.164. The highest BCUT2D eigenvalue weighted by Crippen LogP contribution is 2.36. The van der Waals surface area contributed by atoms with Gasteiger partial charge in [-0.2, -0.15) is 0 Å². The second kappa shape index (κ2) is 11.4. The van der Waals surface area contributed by atoms with Gasteiger partial charge in [-0.05, 0) is 71.8 Å². The summed E-state index contributed by atoms with van der Waals surface area (Å²) < 4.78 is 17.7. The Kier molecular flexibility index (Phi) is 8.00. The normalized spacial score (nSPS) is 13.7. The molecule has 0 spiro atoms. The second-order valence-corrected chi connectivity index (χ2v) is 9.18. The van der Waals surface area contributed by atoms with Crippen LogP contribution >= 0.6 is 22.6 Å². The molecule has 0 saturated heterocycles. The Morgan fingerprint density at radius 2 is 1.82 bits per heavy atom. The molecule has 38 heavy (non-hydrogen) atoms. The highest BCUT2D eigenvalue weighted by molar-refractivity contribution is 14.1. The molecule has 194 valence electrons. The van der Waals surface area contributed by atoms with Crippen LogP contribution in [0.4, 0.5) is 11.4 Å². The van der Waals surface area contributed by atoms with Crippen LogP contribution in [0.3, 0.4) is 0 Å². The number of carbonyl (C=O) groups is 1. The minimum absolute atomic E-state index is 0.0147. The first-order valence-corrected chi connectivity index (χ1v) is 12.3. The van der Waals surface area contributed by atoms with Crippen LogP contribution in [-0.2, 0) is 16.1 Å². The van der Waals surface area contributed by atoms with Crippen LogP contribution in [0.25, 0.3) is 6.08 Å². The quantitative estimate of drug-likeness (QED) is 0.0959. The van der Waals surface area contributed by atoms with E-state index in [0.29, 0.717) is 43.9 Å². The maximum absolute atomic E-state index is 12.5. The van der Waals surface area contributed by atoms with Crippen molar-refractivity contribution in [1.29, 1.82) is 0 Å². The molecule has 3 aromatic rings. The number of esters is 1. The Morgan fingerprint density at radius 1 is 1.05 bits per heavy atom. The lowest BCUT2D eigenvalue weighted by molar-refractivity contribution is -0.385. The number of hydrogen-bond donors (Lipinski definition) is 0. The maximum atomic E-state index is 12.5. The highest BCUT2D eigenvalue weighted by atomic mass is 127. The molecule has 0 fully saturated rings. The van der Waals surface area contributed by atoms with Crippen molar-refractivity contribution >= 4 is 51.9 Å². The van der Waals surface area contributed by atoms with Crippen molar-refractivity contribution < 1.29 is 28.9 Å². The van der Waals surface area contributed by atoms with Gasteiger partial charge >= 0.3 is 5.97 Å². The number of nitrogens with zero attached hydrogens (tertiary/aromatic N) is 3. The smallest absolute Gasteiger partial charge is 0.363 e. The molecule has 0 unspecified atom stereocenters. The molecule has 0 amide bonds.